The van der Waals surface area contributed by atoms with Gasteiger partial charge in [-0.1, -0.05) is 39.8 Å². The van der Waals surface area contributed by atoms with Crippen LogP contribution in [0.3, 0.4) is 0 Å². The van der Waals surface area contributed by atoms with E-state index in [1.165, 1.54) is 12.1 Å². The molecule has 1 aliphatic rings. The predicted molar refractivity (Wildman–Crippen MR) is 122 cm³/mol. The summed E-state index contributed by atoms with van der Waals surface area (Å²) in [5.74, 6) is -0.646. The van der Waals surface area contributed by atoms with E-state index in [2.05, 4.69) is 13.8 Å². The van der Waals surface area contributed by atoms with Crippen LogP contribution in [0, 0.1) is 5.82 Å². The molecule has 6 heteroatoms. The number of esters is 1. The van der Waals surface area contributed by atoms with Gasteiger partial charge in [0.05, 0.1) is 24.5 Å². The molecule has 1 aliphatic heterocycles. The Bertz CT molecular complexity index is 918. The van der Waals surface area contributed by atoms with Crippen molar-refractivity contribution in [1.82, 2.24) is 4.98 Å². The van der Waals surface area contributed by atoms with Gasteiger partial charge in [0, 0.05) is 23.4 Å². The summed E-state index contributed by atoms with van der Waals surface area (Å²) in [6, 6.07) is 6.21. The summed E-state index contributed by atoms with van der Waals surface area (Å²) in [6.45, 7) is 11.1. The Balaban J connectivity index is 2.23. The standard InChI is InChI=1S/C26H34FNO4/c1-6-30-26(29)23-22(18-10-12-19(27)13-11-18)20(15-32-21-9-7-8-14-31-21)24(16(2)3)28-25(23)17(4)5/h10-13,16-17,21H,6-9,14-15H2,1-5H3. The number of carbonyl (C=O) groups is 1. The first-order valence-electron chi connectivity index (χ1n) is 11.6. The maximum absolute atomic E-state index is 13.7. The second kappa shape index (κ2) is 11.0. The Morgan fingerprint density at radius 1 is 1.12 bits per heavy atom. The van der Waals surface area contributed by atoms with Crippen molar-refractivity contribution < 1.29 is 23.4 Å². The van der Waals surface area contributed by atoms with Crippen LogP contribution in [0.1, 0.15) is 93.0 Å². The fraction of sp³-hybridized carbons (Fsp3) is 0.538. The van der Waals surface area contributed by atoms with Crippen LogP contribution in [-0.2, 0) is 20.8 Å². The SMILES string of the molecule is CCOC(=O)c1c(C(C)C)nc(C(C)C)c(COC2CCCCO2)c1-c1ccc(F)cc1. The summed E-state index contributed by atoms with van der Waals surface area (Å²) in [6.07, 6.45) is 2.66. The predicted octanol–water partition coefficient (Wildman–Crippen LogP) is 6.35. The van der Waals surface area contributed by atoms with Gasteiger partial charge >= 0.3 is 5.97 Å². The highest BCUT2D eigenvalue weighted by atomic mass is 19.1. The fourth-order valence-corrected chi connectivity index (χ4v) is 4.07. The van der Waals surface area contributed by atoms with E-state index in [0.29, 0.717) is 23.4 Å². The monoisotopic (exact) mass is 443 g/mol. The van der Waals surface area contributed by atoms with E-state index in [-0.39, 0.29) is 37.2 Å². The summed E-state index contributed by atoms with van der Waals surface area (Å²) in [5.41, 5.74) is 4.26. The lowest BCUT2D eigenvalue weighted by atomic mass is 9.87. The van der Waals surface area contributed by atoms with Crippen molar-refractivity contribution in [2.24, 2.45) is 0 Å². The molecule has 0 N–H and O–H groups in total. The highest BCUT2D eigenvalue weighted by Gasteiger charge is 2.29. The van der Waals surface area contributed by atoms with Crippen LogP contribution in [-0.4, -0.2) is 30.5 Å². The van der Waals surface area contributed by atoms with Crippen LogP contribution in [0.25, 0.3) is 11.1 Å². The Morgan fingerprint density at radius 3 is 2.38 bits per heavy atom. The van der Waals surface area contributed by atoms with Crippen molar-refractivity contribution in [2.45, 2.75) is 78.6 Å². The van der Waals surface area contributed by atoms with Gasteiger partial charge in [0.25, 0.3) is 0 Å². The molecule has 1 saturated heterocycles. The van der Waals surface area contributed by atoms with Crippen LogP contribution in [0.2, 0.25) is 0 Å². The van der Waals surface area contributed by atoms with E-state index in [1.807, 2.05) is 13.8 Å². The number of benzene rings is 1. The van der Waals surface area contributed by atoms with E-state index in [9.17, 15) is 9.18 Å². The number of pyridine rings is 1. The Kier molecular flexibility index (Phi) is 8.38. The quantitative estimate of drug-likeness (QED) is 0.445. The summed E-state index contributed by atoms with van der Waals surface area (Å²) in [4.78, 5) is 18.1. The van der Waals surface area contributed by atoms with Crippen molar-refractivity contribution in [2.75, 3.05) is 13.2 Å². The molecule has 0 spiro atoms. The minimum absolute atomic E-state index is 0.00255. The van der Waals surface area contributed by atoms with E-state index >= 15 is 0 Å². The van der Waals surface area contributed by atoms with E-state index in [4.69, 9.17) is 19.2 Å². The molecule has 1 atom stereocenters. The lowest BCUT2D eigenvalue weighted by Crippen LogP contribution is -2.23. The number of rotatable bonds is 8. The van der Waals surface area contributed by atoms with Gasteiger partial charge in [0.15, 0.2) is 6.29 Å². The molecule has 0 radical (unpaired) electrons. The second-order valence-electron chi connectivity index (χ2n) is 8.75. The van der Waals surface area contributed by atoms with Crippen molar-refractivity contribution >= 4 is 5.97 Å². The van der Waals surface area contributed by atoms with Crippen molar-refractivity contribution in [3.63, 3.8) is 0 Å². The van der Waals surface area contributed by atoms with Gasteiger partial charge in [-0.05, 0) is 55.7 Å². The number of hydrogen-bond acceptors (Lipinski definition) is 5. The van der Waals surface area contributed by atoms with Gasteiger partial charge in [-0.2, -0.15) is 0 Å². The van der Waals surface area contributed by atoms with Crippen LogP contribution in [0.15, 0.2) is 24.3 Å². The van der Waals surface area contributed by atoms with Crippen molar-refractivity contribution in [3.05, 3.63) is 52.6 Å². The molecule has 3 rings (SSSR count). The highest BCUT2D eigenvalue weighted by molar-refractivity contribution is 5.99. The molecule has 174 valence electrons. The molecule has 2 heterocycles. The molecule has 0 saturated carbocycles. The molecule has 0 aliphatic carbocycles. The molecular weight excluding hydrogens is 409 g/mol. The average Bonchev–Trinajstić information content (AvgIpc) is 2.77. The lowest BCUT2D eigenvalue weighted by molar-refractivity contribution is -0.169. The topological polar surface area (TPSA) is 57.7 Å². The zero-order valence-corrected chi connectivity index (χ0v) is 19.7. The van der Waals surface area contributed by atoms with Crippen molar-refractivity contribution in [1.29, 1.82) is 0 Å². The van der Waals surface area contributed by atoms with Gasteiger partial charge in [-0.25, -0.2) is 9.18 Å². The third-order valence-corrected chi connectivity index (χ3v) is 5.62. The first-order chi connectivity index (χ1) is 15.3. The summed E-state index contributed by atoms with van der Waals surface area (Å²) in [5, 5.41) is 0. The molecule has 5 nitrogen and oxygen atoms in total. The molecule has 32 heavy (non-hydrogen) atoms. The summed E-state index contributed by atoms with van der Waals surface area (Å²) >= 11 is 0. The number of hydrogen-bond donors (Lipinski definition) is 0. The largest absolute Gasteiger partial charge is 0.462 e. The zero-order valence-electron chi connectivity index (χ0n) is 19.7. The lowest BCUT2D eigenvalue weighted by Gasteiger charge is -2.27. The smallest absolute Gasteiger partial charge is 0.340 e. The minimum atomic E-state index is -0.423. The third-order valence-electron chi connectivity index (χ3n) is 5.62. The van der Waals surface area contributed by atoms with Gasteiger partial charge in [0.1, 0.15) is 5.82 Å². The first kappa shape index (κ1) is 24.3. The molecule has 1 unspecified atom stereocenters. The van der Waals surface area contributed by atoms with E-state index in [0.717, 1.165) is 36.1 Å². The van der Waals surface area contributed by atoms with E-state index < -0.39 is 5.97 Å². The highest BCUT2D eigenvalue weighted by Crippen LogP contribution is 2.38. The van der Waals surface area contributed by atoms with Gasteiger partial charge in [0.2, 0.25) is 0 Å². The average molecular weight is 444 g/mol. The van der Waals surface area contributed by atoms with Gasteiger partial charge in [-0.15, -0.1) is 0 Å². The van der Waals surface area contributed by atoms with Crippen LogP contribution >= 0.6 is 0 Å². The summed E-state index contributed by atoms with van der Waals surface area (Å²) < 4.78 is 31.1. The molecular formula is C26H34FNO4. The molecule has 0 bridgehead atoms. The van der Waals surface area contributed by atoms with Gasteiger partial charge < -0.3 is 14.2 Å². The Morgan fingerprint density at radius 2 is 1.81 bits per heavy atom. The number of halogens is 1. The Labute approximate surface area is 190 Å². The Hall–Kier alpha value is -2.31. The van der Waals surface area contributed by atoms with Crippen LogP contribution < -0.4 is 0 Å². The maximum atomic E-state index is 13.7. The summed E-state index contributed by atoms with van der Waals surface area (Å²) in [7, 11) is 0. The second-order valence-corrected chi connectivity index (χ2v) is 8.75. The fourth-order valence-electron chi connectivity index (χ4n) is 4.07. The van der Waals surface area contributed by atoms with Crippen molar-refractivity contribution in [3.8, 4) is 11.1 Å². The van der Waals surface area contributed by atoms with Gasteiger partial charge in [-0.3, -0.25) is 4.98 Å². The number of nitrogens with zero attached hydrogens (tertiary/aromatic N) is 1. The first-order valence-corrected chi connectivity index (χ1v) is 11.6. The third kappa shape index (κ3) is 5.54. The molecule has 1 aromatic carbocycles. The molecule has 0 amide bonds. The number of ether oxygens (including phenoxy) is 3. The molecule has 1 aromatic heterocycles. The molecule has 1 fully saturated rings. The van der Waals surface area contributed by atoms with Crippen LogP contribution in [0.5, 0.6) is 0 Å². The van der Waals surface area contributed by atoms with E-state index in [1.54, 1.807) is 19.1 Å². The maximum Gasteiger partial charge on any atom is 0.340 e. The molecule has 2 aromatic rings. The number of carbonyl (C=O) groups excluding carboxylic acids is 1. The van der Waals surface area contributed by atoms with Crippen LogP contribution in [0.4, 0.5) is 4.39 Å². The normalized spacial score (nSPS) is 16.6. The minimum Gasteiger partial charge on any atom is -0.462 e. The number of aromatic nitrogens is 1. The zero-order chi connectivity index (χ0) is 23.3.